The average molecular weight is 426 g/mol. The monoisotopic (exact) mass is 425 g/mol. The van der Waals surface area contributed by atoms with E-state index in [9.17, 15) is 18.7 Å². The fourth-order valence-electron chi connectivity index (χ4n) is 2.46. The smallest absolute Gasteiger partial charge is 0.351 e. The molecule has 27 heavy (non-hydrogen) atoms. The zero-order valence-corrected chi connectivity index (χ0v) is 17.8. The number of nitrogens with two attached hydrogens (primary N) is 1. The van der Waals surface area contributed by atoms with Crippen LogP contribution in [0.25, 0.3) is 0 Å². The van der Waals surface area contributed by atoms with Crippen LogP contribution in [0.15, 0.2) is 11.0 Å². The highest BCUT2D eigenvalue weighted by atomic mass is 35.5. The topological polar surface area (TPSA) is 99.6 Å². The second kappa shape index (κ2) is 7.40. The van der Waals surface area contributed by atoms with Crippen LogP contribution < -0.4 is 11.4 Å². The van der Waals surface area contributed by atoms with Gasteiger partial charge in [-0.1, -0.05) is 20.8 Å². The van der Waals surface area contributed by atoms with E-state index in [1.54, 1.807) is 0 Å². The molecule has 0 amide bonds. The number of aliphatic hydroxyl groups is 1. The summed E-state index contributed by atoms with van der Waals surface area (Å²) >= 11 is 6.00. The van der Waals surface area contributed by atoms with Crippen molar-refractivity contribution in [3.63, 3.8) is 0 Å². The van der Waals surface area contributed by atoms with Crippen molar-refractivity contribution < 1.29 is 23.1 Å². The Labute approximate surface area is 162 Å². The Balaban J connectivity index is 2.33. The second-order valence-electron chi connectivity index (χ2n) is 8.31. The molecule has 0 bridgehead atoms. The minimum atomic E-state index is -2.25. The molecule has 7 nitrogen and oxygen atoms in total. The number of ether oxygens (including phenoxy) is 1. The van der Waals surface area contributed by atoms with Gasteiger partial charge in [-0.25, -0.2) is 13.6 Å². The predicted octanol–water partition coefficient (Wildman–Crippen LogP) is 2.19. The minimum Gasteiger partial charge on any atom is -0.414 e. The maximum atomic E-state index is 14.8. The van der Waals surface area contributed by atoms with E-state index >= 15 is 0 Å². The van der Waals surface area contributed by atoms with Crippen molar-refractivity contribution in [1.82, 2.24) is 9.55 Å². The van der Waals surface area contributed by atoms with Crippen molar-refractivity contribution in [3.8, 4) is 0 Å². The molecule has 1 saturated heterocycles. The quantitative estimate of drug-likeness (QED) is 0.554. The minimum absolute atomic E-state index is 0.125. The van der Waals surface area contributed by atoms with Crippen molar-refractivity contribution >= 4 is 25.7 Å². The highest BCUT2D eigenvalue weighted by Crippen LogP contribution is 2.42. The van der Waals surface area contributed by atoms with Crippen LogP contribution in [0.2, 0.25) is 18.1 Å². The molecular weight excluding hydrogens is 400 g/mol. The fourth-order valence-corrected chi connectivity index (χ4v) is 3.80. The highest BCUT2D eigenvalue weighted by molar-refractivity contribution is 6.74. The first-order valence-corrected chi connectivity index (χ1v) is 11.9. The number of rotatable bonds is 5. The maximum absolute atomic E-state index is 14.8. The number of hydrogen-bond donors (Lipinski definition) is 2. The second-order valence-corrected chi connectivity index (χ2v) is 13.4. The molecule has 1 fully saturated rings. The lowest BCUT2D eigenvalue weighted by atomic mass is 9.99. The molecule has 1 aliphatic heterocycles. The van der Waals surface area contributed by atoms with Gasteiger partial charge in [-0.3, -0.25) is 4.57 Å². The SMILES string of the molecule is CC(C)(C)[Si](C)(C)OC[C@@]1(CCl)O[C@@H](n2cc(F)c(N)nc2=O)[C@@H](F)[C@@H]1O. The third kappa shape index (κ3) is 4.04. The van der Waals surface area contributed by atoms with E-state index in [1.165, 1.54) is 0 Å². The van der Waals surface area contributed by atoms with Crippen LogP contribution in [-0.4, -0.2) is 53.3 Å². The molecule has 2 rings (SSSR count). The molecule has 0 spiro atoms. The van der Waals surface area contributed by atoms with Crippen molar-refractivity contribution in [1.29, 1.82) is 0 Å². The van der Waals surface area contributed by atoms with E-state index < -0.39 is 49.7 Å². The van der Waals surface area contributed by atoms with Gasteiger partial charge in [0.2, 0.25) is 0 Å². The molecule has 1 aromatic heterocycles. The lowest BCUT2D eigenvalue weighted by Gasteiger charge is -2.40. The number of nitrogens with zero attached hydrogens (tertiary/aromatic N) is 2. The largest absolute Gasteiger partial charge is 0.414 e. The van der Waals surface area contributed by atoms with Gasteiger partial charge in [0.1, 0.15) is 11.7 Å². The molecular formula is C16H26ClF2N3O4Si. The molecule has 0 aliphatic carbocycles. The standard InChI is InChI=1S/C16H26ClF2N3O4Si/c1-15(2,3)27(4,5)25-8-16(7-17)11(23)10(19)13(26-16)22-6-9(18)12(20)21-14(22)24/h6,10-11,13,23H,7-8H2,1-5H3,(H2,20,21,24)/t10-,11-,13+,16+/m0/s1. The van der Waals surface area contributed by atoms with E-state index in [-0.39, 0.29) is 17.5 Å². The average Bonchev–Trinajstić information content (AvgIpc) is 2.81. The fraction of sp³-hybridized carbons (Fsp3) is 0.750. The molecule has 2 heterocycles. The van der Waals surface area contributed by atoms with Crippen molar-refractivity contribution in [2.45, 2.75) is 63.0 Å². The van der Waals surface area contributed by atoms with Gasteiger partial charge in [0.05, 0.1) is 18.7 Å². The van der Waals surface area contributed by atoms with E-state index in [4.69, 9.17) is 26.5 Å². The van der Waals surface area contributed by atoms with Crippen molar-refractivity contribution in [2.24, 2.45) is 0 Å². The number of anilines is 1. The van der Waals surface area contributed by atoms with Gasteiger partial charge in [0, 0.05) is 0 Å². The molecule has 1 aliphatic rings. The van der Waals surface area contributed by atoms with Crippen molar-refractivity contribution in [2.75, 3.05) is 18.2 Å². The van der Waals surface area contributed by atoms with Gasteiger partial charge in [-0.05, 0) is 18.1 Å². The zero-order valence-electron chi connectivity index (χ0n) is 16.0. The van der Waals surface area contributed by atoms with Crippen LogP contribution in [0.5, 0.6) is 0 Å². The molecule has 4 atom stereocenters. The van der Waals surface area contributed by atoms with E-state index in [0.29, 0.717) is 10.8 Å². The van der Waals surface area contributed by atoms with Gasteiger partial charge in [-0.15, -0.1) is 11.6 Å². The molecule has 11 heteroatoms. The third-order valence-electron chi connectivity index (χ3n) is 5.39. The van der Waals surface area contributed by atoms with E-state index in [0.717, 1.165) is 0 Å². The number of aromatic nitrogens is 2. The van der Waals surface area contributed by atoms with Gasteiger partial charge in [0.15, 0.2) is 32.4 Å². The summed E-state index contributed by atoms with van der Waals surface area (Å²) in [6.45, 7) is 9.91. The van der Waals surface area contributed by atoms with Gasteiger partial charge in [0.25, 0.3) is 0 Å². The molecule has 0 aromatic carbocycles. The first-order chi connectivity index (χ1) is 12.3. The normalized spacial score (nSPS) is 29.3. The van der Waals surface area contributed by atoms with Crippen LogP contribution in [0.1, 0.15) is 27.0 Å². The predicted molar refractivity (Wildman–Crippen MR) is 100 cm³/mol. The lowest BCUT2D eigenvalue weighted by Crippen LogP contribution is -2.52. The van der Waals surface area contributed by atoms with Crippen LogP contribution in [0, 0.1) is 5.82 Å². The molecule has 154 valence electrons. The van der Waals surface area contributed by atoms with Crippen LogP contribution in [0.4, 0.5) is 14.6 Å². The van der Waals surface area contributed by atoms with E-state index in [1.807, 2.05) is 33.9 Å². The van der Waals surface area contributed by atoms with E-state index in [2.05, 4.69) is 4.98 Å². The van der Waals surface area contributed by atoms with Crippen LogP contribution in [-0.2, 0) is 9.16 Å². The summed E-state index contributed by atoms with van der Waals surface area (Å²) in [5.41, 5.74) is 2.67. The molecule has 1 aromatic rings. The Bertz CT molecular complexity index is 758. The van der Waals surface area contributed by atoms with Gasteiger partial charge < -0.3 is 20.0 Å². The first-order valence-electron chi connectivity index (χ1n) is 8.50. The summed E-state index contributed by atoms with van der Waals surface area (Å²) in [4.78, 5) is 15.3. The summed E-state index contributed by atoms with van der Waals surface area (Å²) in [6, 6.07) is 0. The third-order valence-corrected chi connectivity index (χ3v) is 10.3. The Morgan fingerprint density at radius 1 is 1.52 bits per heavy atom. The first kappa shape index (κ1) is 22.2. The number of alkyl halides is 2. The maximum Gasteiger partial charge on any atom is 0.351 e. The number of hydrogen-bond acceptors (Lipinski definition) is 6. The van der Waals surface area contributed by atoms with Crippen molar-refractivity contribution in [3.05, 3.63) is 22.5 Å². The summed E-state index contributed by atoms with van der Waals surface area (Å²) in [5, 5.41) is 10.3. The molecule has 0 unspecified atom stereocenters. The van der Waals surface area contributed by atoms with Crippen LogP contribution in [0.3, 0.4) is 0 Å². The summed E-state index contributed by atoms with van der Waals surface area (Å²) in [7, 11) is -2.25. The molecule has 0 saturated carbocycles. The summed E-state index contributed by atoms with van der Waals surface area (Å²) in [6.07, 6.45) is -4.60. The lowest BCUT2D eigenvalue weighted by molar-refractivity contribution is -0.112. The Morgan fingerprint density at radius 2 is 2.11 bits per heavy atom. The molecule has 3 N–H and O–H groups in total. The summed E-state index contributed by atoms with van der Waals surface area (Å²) < 4.78 is 40.8. The number of nitrogen functional groups attached to an aromatic ring is 1. The number of aliphatic hydroxyl groups excluding tert-OH is 1. The zero-order chi connectivity index (χ0) is 20.8. The summed E-state index contributed by atoms with van der Waals surface area (Å²) in [5.74, 6) is -1.88. The Morgan fingerprint density at radius 3 is 2.63 bits per heavy atom. The highest BCUT2D eigenvalue weighted by Gasteiger charge is 2.57. The molecule has 0 radical (unpaired) electrons. The van der Waals surface area contributed by atoms with Gasteiger partial charge in [-0.2, -0.15) is 4.98 Å². The number of halogens is 3. The van der Waals surface area contributed by atoms with Crippen LogP contribution >= 0.6 is 11.6 Å². The van der Waals surface area contributed by atoms with Gasteiger partial charge >= 0.3 is 5.69 Å². The Kier molecular flexibility index (Phi) is 6.09. The Hall–Kier alpha value is -1.07.